The van der Waals surface area contributed by atoms with Crippen LogP contribution in [0.5, 0.6) is 5.75 Å². The third-order valence-electron chi connectivity index (χ3n) is 5.21. The second-order valence-corrected chi connectivity index (χ2v) is 8.98. The minimum absolute atomic E-state index is 0.207. The molecule has 0 spiro atoms. The molecule has 0 bridgehead atoms. The van der Waals surface area contributed by atoms with Crippen LogP contribution in [0.3, 0.4) is 0 Å². The number of nitrogens with zero attached hydrogens (tertiary/aromatic N) is 1. The van der Waals surface area contributed by atoms with Gasteiger partial charge in [-0.3, -0.25) is 25.4 Å². The van der Waals surface area contributed by atoms with E-state index in [4.69, 9.17) is 39.5 Å². The number of nitrogens with one attached hydrogen (secondary N) is 3. The van der Waals surface area contributed by atoms with E-state index in [-0.39, 0.29) is 24.0 Å². The van der Waals surface area contributed by atoms with Crippen LogP contribution in [0.1, 0.15) is 18.4 Å². The molecule has 3 N–H and O–H groups in total. The molecule has 0 fully saturated rings. The second-order valence-electron chi connectivity index (χ2n) is 7.70. The lowest BCUT2D eigenvalue weighted by Gasteiger charge is -2.10. The highest BCUT2D eigenvalue weighted by Gasteiger charge is 2.15. The Bertz CT molecular complexity index is 1360. The van der Waals surface area contributed by atoms with Gasteiger partial charge in [0.1, 0.15) is 5.75 Å². The van der Waals surface area contributed by atoms with Gasteiger partial charge in [-0.2, -0.15) is 0 Å². The van der Waals surface area contributed by atoms with Crippen LogP contribution in [0.15, 0.2) is 60.8 Å². The topological polar surface area (TPSA) is 96.1 Å². The Kier molecular flexibility index (Phi) is 8.13. The summed E-state index contributed by atoms with van der Waals surface area (Å²) in [6.07, 6.45) is 3.11. The number of ether oxygens (including phenoxy) is 1. The van der Waals surface area contributed by atoms with Crippen molar-refractivity contribution in [2.24, 2.45) is 0 Å². The lowest BCUT2D eigenvalue weighted by atomic mass is 10.0. The van der Waals surface area contributed by atoms with E-state index in [9.17, 15) is 9.59 Å². The second kappa shape index (κ2) is 11.4. The largest absolute Gasteiger partial charge is 0.482 e. The van der Waals surface area contributed by atoms with Gasteiger partial charge in [0.15, 0.2) is 6.61 Å². The minimum Gasteiger partial charge on any atom is -0.482 e. The van der Waals surface area contributed by atoms with E-state index in [0.29, 0.717) is 28.6 Å². The lowest BCUT2D eigenvalue weighted by molar-refractivity contribution is -0.130. The van der Waals surface area contributed by atoms with Crippen molar-refractivity contribution in [2.45, 2.75) is 19.3 Å². The molecule has 0 radical (unpaired) electrons. The van der Waals surface area contributed by atoms with Crippen LogP contribution in [-0.2, 0) is 16.0 Å². The lowest BCUT2D eigenvalue weighted by Crippen LogP contribution is -2.43. The zero-order valence-electron chi connectivity index (χ0n) is 18.4. The number of aromatic amines is 1. The van der Waals surface area contributed by atoms with Crippen molar-refractivity contribution in [3.8, 4) is 17.1 Å². The van der Waals surface area contributed by atoms with Crippen LogP contribution in [-0.4, -0.2) is 28.4 Å². The first kappa shape index (κ1) is 24.9. The number of pyridine rings is 1. The molecule has 0 aliphatic rings. The van der Waals surface area contributed by atoms with Gasteiger partial charge in [-0.15, -0.1) is 0 Å². The van der Waals surface area contributed by atoms with E-state index in [0.717, 1.165) is 27.9 Å². The van der Waals surface area contributed by atoms with Gasteiger partial charge in [0.25, 0.3) is 5.91 Å². The van der Waals surface area contributed by atoms with Crippen LogP contribution >= 0.6 is 34.8 Å². The smallest absolute Gasteiger partial charge is 0.276 e. The molecule has 7 nitrogen and oxygen atoms in total. The van der Waals surface area contributed by atoms with Crippen molar-refractivity contribution in [1.82, 2.24) is 20.8 Å². The number of fused-ring (bicyclic) bond motifs is 1. The Balaban J connectivity index is 1.31. The van der Waals surface area contributed by atoms with E-state index in [1.165, 1.54) is 6.07 Å². The van der Waals surface area contributed by atoms with Gasteiger partial charge in [-0.05, 0) is 66.9 Å². The number of carbonyl (C=O) groups is 2. The molecule has 0 aliphatic heterocycles. The van der Waals surface area contributed by atoms with E-state index in [2.05, 4.69) is 20.8 Å². The molecule has 0 aliphatic carbocycles. The Hall–Kier alpha value is -3.26. The van der Waals surface area contributed by atoms with Crippen molar-refractivity contribution in [1.29, 1.82) is 0 Å². The van der Waals surface area contributed by atoms with Crippen molar-refractivity contribution in [3.05, 3.63) is 81.4 Å². The predicted molar refractivity (Wildman–Crippen MR) is 138 cm³/mol. The van der Waals surface area contributed by atoms with Gasteiger partial charge in [0, 0.05) is 33.6 Å². The maximum atomic E-state index is 12.3. The first-order chi connectivity index (χ1) is 16.9. The minimum atomic E-state index is -0.520. The number of hydrazine groups is 1. The maximum Gasteiger partial charge on any atom is 0.276 e. The average molecular weight is 532 g/mol. The molecule has 10 heteroatoms. The molecule has 4 aromatic rings. The normalized spacial score (nSPS) is 10.8. The number of amides is 2. The Morgan fingerprint density at radius 1 is 0.943 bits per heavy atom. The number of hydrogen-bond acceptors (Lipinski definition) is 4. The molecule has 2 aromatic heterocycles. The van der Waals surface area contributed by atoms with Crippen LogP contribution < -0.4 is 15.6 Å². The SMILES string of the molecule is O=C(CCCc1c(-c2ccccn2)[nH]c2ccc(Cl)cc12)NNC(=O)COc1ccc(Cl)cc1Cl. The Morgan fingerprint density at radius 3 is 2.49 bits per heavy atom. The van der Waals surface area contributed by atoms with Gasteiger partial charge in [0.05, 0.1) is 16.4 Å². The molecule has 2 aromatic carbocycles. The van der Waals surface area contributed by atoms with Gasteiger partial charge >= 0.3 is 0 Å². The average Bonchev–Trinajstić information content (AvgIpc) is 3.20. The maximum absolute atomic E-state index is 12.3. The van der Waals surface area contributed by atoms with E-state index >= 15 is 0 Å². The number of halogens is 3. The first-order valence-corrected chi connectivity index (χ1v) is 11.9. The summed E-state index contributed by atoms with van der Waals surface area (Å²) in [5, 5.41) is 2.37. The third-order valence-corrected chi connectivity index (χ3v) is 5.98. The summed E-state index contributed by atoms with van der Waals surface area (Å²) in [7, 11) is 0. The summed E-state index contributed by atoms with van der Waals surface area (Å²) in [5.74, 6) is -0.520. The van der Waals surface area contributed by atoms with E-state index < -0.39 is 5.91 Å². The Morgan fingerprint density at radius 2 is 1.71 bits per heavy atom. The van der Waals surface area contributed by atoms with Crippen molar-refractivity contribution in [3.63, 3.8) is 0 Å². The van der Waals surface area contributed by atoms with Crippen LogP contribution in [0.4, 0.5) is 0 Å². The summed E-state index contributed by atoms with van der Waals surface area (Å²) in [6.45, 7) is -0.314. The monoisotopic (exact) mass is 530 g/mol. The van der Waals surface area contributed by atoms with E-state index in [1.807, 2.05) is 36.4 Å². The molecule has 0 saturated heterocycles. The fourth-order valence-corrected chi connectivity index (χ4v) is 4.24. The van der Waals surface area contributed by atoms with Crippen LogP contribution in [0.25, 0.3) is 22.3 Å². The summed E-state index contributed by atoms with van der Waals surface area (Å²) >= 11 is 18.1. The highest BCUT2D eigenvalue weighted by molar-refractivity contribution is 6.35. The van der Waals surface area contributed by atoms with Crippen molar-refractivity contribution < 1.29 is 14.3 Å². The number of aromatic nitrogens is 2. The molecule has 0 unspecified atom stereocenters. The Labute approximate surface area is 216 Å². The molecule has 180 valence electrons. The van der Waals surface area contributed by atoms with Gasteiger partial charge in [-0.1, -0.05) is 40.9 Å². The molecule has 2 heterocycles. The molecule has 0 saturated carbocycles. The van der Waals surface area contributed by atoms with Crippen molar-refractivity contribution >= 4 is 57.5 Å². The molecule has 0 atom stereocenters. The van der Waals surface area contributed by atoms with Gasteiger partial charge in [0.2, 0.25) is 5.91 Å². The fourth-order valence-electron chi connectivity index (χ4n) is 3.61. The van der Waals surface area contributed by atoms with Crippen molar-refractivity contribution in [2.75, 3.05) is 6.61 Å². The number of aryl methyl sites for hydroxylation is 1. The highest BCUT2D eigenvalue weighted by Crippen LogP contribution is 2.32. The standard InChI is InChI=1S/C25H21Cl3N4O3/c26-15-7-9-20-18(12-15)17(25(30-20)21-5-1-2-11-29-21)4-3-6-23(33)31-32-24(34)14-35-22-10-8-16(27)13-19(22)28/h1-2,5,7-13,30H,3-4,6,14H2,(H,31,33)(H,32,34). The van der Waals surface area contributed by atoms with Crippen LogP contribution in [0, 0.1) is 0 Å². The summed E-state index contributed by atoms with van der Waals surface area (Å²) in [4.78, 5) is 32.1. The summed E-state index contributed by atoms with van der Waals surface area (Å²) < 4.78 is 5.35. The zero-order chi connectivity index (χ0) is 24.8. The summed E-state index contributed by atoms with van der Waals surface area (Å²) in [6, 6.07) is 16.0. The molecule has 4 rings (SSSR count). The number of hydrogen-bond donors (Lipinski definition) is 3. The van der Waals surface area contributed by atoms with Gasteiger partial charge in [-0.25, -0.2) is 0 Å². The summed E-state index contributed by atoms with van der Waals surface area (Å²) in [5.41, 5.74) is 8.43. The highest BCUT2D eigenvalue weighted by atomic mass is 35.5. The first-order valence-electron chi connectivity index (χ1n) is 10.8. The van der Waals surface area contributed by atoms with E-state index in [1.54, 1.807) is 18.3 Å². The molecule has 35 heavy (non-hydrogen) atoms. The molecular formula is C25H21Cl3N4O3. The number of benzene rings is 2. The molecule has 2 amide bonds. The number of H-pyrrole nitrogens is 1. The number of carbonyl (C=O) groups excluding carboxylic acids is 2. The fraction of sp³-hybridized carbons (Fsp3) is 0.160. The molecular weight excluding hydrogens is 511 g/mol. The number of rotatable bonds is 8. The quantitative estimate of drug-likeness (QED) is 0.253. The predicted octanol–water partition coefficient (Wildman–Crippen LogP) is 5.74. The van der Waals surface area contributed by atoms with Gasteiger partial charge < -0.3 is 9.72 Å². The van der Waals surface area contributed by atoms with Crippen LogP contribution in [0.2, 0.25) is 15.1 Å². The zero-order valence-corrected chi connectivity index (χ0v) is 20.7. The third kappa shape index (κ3) is 6.45.